The van der Waals surface area contributed by atoms with E-state index in [4.69, 9.17) is 5.73 Å². The molecule has 0 unspecified atom stereocenters. The Morgan fingerprint density at radius 1 is 1.28 bits per heavy atom. The maximum Gasteiger partial charge on any atom is 0.337 e. The first-order valence-electron chi connectivity index (χ1n) is 5.29. The number of ether oxygens (including phenoxy) is 2. The van der Waals surface area contributed by atoms with Gasteiger partial charge in [-0.1, -0.05) is 12.2 Å². The van der Waals surface area contributed by atoms with Crippen LogP contribution in [0.1, 0.15) is 22.3 Å². The minimum Gasteiger partial charge on any atom is -0.469 e. The maximum atomic E-state index is 11.3. The lowest BCUT2D eigenvalue weighted by molar-refractivity contribution is -0.139. The van der Waals surface area contributed by atoms with Crippen molar-refractivity contribution in [3.63, 3.8) is 0 Å². The van der Waals surface area contributed by atoms with E-state index >= 15 is 0 Å². The largest absolute Gasteiger partial charge is 0.469 e. The number of carbonyl (C=O) groups is 2. The second-order valence-electron chi connectivity index (χ2n) is 3.52. The molecule has 0 heterocycles. The van der Waals surface area contributed by atoms with Crippen molar-refractivity contribution in [1.82, 2.24) is 0 Å². The number of esters is 2. The van der Waals surface area contributed by atoms with Gasteiger partial charge in [-0.25, -0.2) is 4.79 Å². The molecule has 0 fully saturated rings. The minimum atomic E-state index is -0.433. The second kappa shape index (κ2) is 6.44. The van der Waals surface area contributed by atoms with E-state index in [1.54, 1.807) is 30.4 Å². The average molecular weight is 249 g/mol. The summed E-state index contributed by atoms with van der Waals surface area (Å²) < 4.78 is 9.12. The number of methoxy groups -OCH3 is 2. The zero-order chi connectivity index (χ0) is 13.5. The van der Waals surface area contributed by atoms with Crippen molar-refractivity contribution >= 4 is 23.7 Å². The predicted octanol–water partition coefficient (Wildman–Crippen LogP) is 1.63. The number of nitrogens with two attached hydrogens (primary N) is 1. The molecule has 18 heavy (non-hydrogen) atoms. The molecule has 0 spiro atoms. The molecular formula is C13H15NO4. The summed E-state index contributed by atoms with van der Waals surface area (Å²) in [5, 5.41) is 0. The fourth-order valence-electron chi connectivity index (χ4n) is 1.33. The molecule has 2 N–H and O–H groups in total. The number of rotatable bonds is 4. The van der Waals surface area contributed by atoms with Crippen LogP contribution in [-0.2, 0) is 14.3 Å². The van der Waals surface area contributed by atoms with Crippen LogP contribution in [0.5, 0.6) is 0 Å². The van der Waals surface area contributed by atoms with Gasteiger partial charge in [0.1, 0.15) is 0 Å². The molecule has 0 saturated heterocycles. The molecule has 0 atom stereocenters. The zero-order valence-electron chi connectivity index (χ0n) is 10.3. The van der Waals surface area contributed by atoms with E-state index in [2.05, 4.69) is 9.47 Å². The van der Waals surface area contributed by atoms with Crippen LogP contribution in [0, 0.1) is 0 Å². The van der Waals surface area contributed by atoms with Crippen LogP contribution in [-0.4, -0.2) is 26.2 Å². The quantitative estimate of drug-likeness (QED) is 0.648. The third-order valence-corrected chi connectivity index (χ3v) is 2.32. The van der Waals surface area contributed by atoms with Crippen LogP contribution in [0.2, 0.25) is 0 Å². The van der Waals surface area contributed by atoms with Crippen LogP contribution < -0.4 is 5.73 Å². The molecule has 1 aromatic carbocycles. The normalized spacial score (nSPS) is 10.3. The molecule has 0 bridgehead atoms. The van der Waals surface area contributed by atoms with E-state index in [1.165, 1.54) is 14.2 Å². The van der Waals surface area contributed by atoms with E-state index in [9.17, 15) is 9.59 Å². The maximum absolute atomic E-state index is 11.3. The van der Waals surface area contributed by atoms with Gasteiger partial charge in [0.05, 0.1) is 26.2 Å². The van der Waals surface area contributed by atoms with Crippen LogP contribution in [0.25, 0.3) is 6.08 Å². The van der Waals surface area contributed by atoms with Gasteiger partial charge in [0, 0.05) is 5.69 Å². The molecule has 5 nitrogen and oxygen atoms in total. The molecule has 0 aliphatic rings. The van der Waals surface area contributed by atoms with Gasteiger partial charge in [0.15, 0.2) is 0 Å². The highest BCUT2D eigenvalue weighted by Crippen LogP contribution is 2.16. The van der Waals surface area contributed by atoms with Crippen LogP contribution in [0.4, 0.5) is 5.69 Å². The molecule has 0 aliphatic carbocycles. The molecule has 0 aromatic heterocycles. The molecule has 0 aliphatic heterocycles. The molecule has 1 rings (SSSR count). The fourth-order valence-corrected chi connectivity index (χ4v) is 1.33. The summed E-state index contributed by atoms with van der Waals surface area (Å²) in [6.07, 6.45) is 3.44. The van der Waals surface area contributed by atoms with E-state index in [0.717, 1.165) is 0 Å². The summed E-state index contributed by atoms with van der Waals surface area (Å²) in [6, 6.07) is 4.80. The van der Waals surface area contributed by atoms with Crippen LogP contribution in [0.15, 0.2) is 24.3 Å². The van der Waals surface area contributed by atoms with Crippen molar-refractivity contribution in [1.29, 1.82) is 0 Å². The lowest BCUT2D eigenvalue weighted by Crippen LogP contribution is -2.02. The van der Waals surface area contributed by atoms with Crippen molar-refractivity contribution in [2.75, 3.05) is 20.0 Å². The highest BCUT2D eigenvalue weighted by atomic mass is 16.5. The Labute approximate surface area is 105 Å². The number of nitrogen functional groups attached to an aromatic ring is 1. The first kappa shape index (κ1) is 13.8. The second-order valence-corrected chi connectivity index (χ2v) is 3.52. The van der Waals surface area contributed by atoms with Gasteiger partial charge in [-0.3, -0.25) is 4.79 Å². The molecular weight excluding hydrogens is 234 g/mol. The Hall–Kier alpha value is -2.30. The van der Waals surface area contributed by atoms with Gasteiger partial charge in [0.2, 0.25) is 0 Å². The fraction of sp³-hybridized carbons (Fsp3) is 0.231. The Balaban J connectivity index is 2.87. The first-order valence-corrected chi connectivity index (χ1v) is 5.29. The number of benzene rings is 1. The summed E-state index contributed by atoms with van der Waals surface area (Å²) in [5.74, 6) is -0.772. The monoisotopic (exact) mass is 249 g/mol. The third kappa shape index (κ3) is 3.62. The topological polar surface area (TPSA) is 78.6 Å². The van der Waals surface area contributed by atoms with Crippen molar-refractivity contribution in [2.24, 2.45) is 0 Å². The lowest BCUT2D eigenvalue weighted by atomic mass is 10.1. The van der Waals surface area contributed by atoms with Gasteiger partial charge >= 0.3 is 11.9 Å². The zero-order valence-corrected chi connectivity index (χ0v) is 10.3. The third-order valence-electron chi connectivity index (χ3n) is 2.32. The standard InChI is InChI=1S/C13H15NO4/c1-17-12(15)5-3-4-9-8-10(13(16)18-2)6-7-11(9)14/h3-4,6-8H,5,14H2,1-2H3. The van der Waals surface area contributed by atoms with Crippen molar-refractivity contribution in [3.05, 3.63) is 35.4 Å². The first-order chi connectivity index (χ1) is 8.58. The van der Waals surface area contributed by atoms with Gasteiger partial charge in [-0.2, -0.15) is 0 Å². The molecule has 1 aromatic rings. The smallest absolute Gasteiger partial charge is 0.337 e. The number of anilines is 1. The summed E-state index contributed by atoms with van der Waals surface area (Å²) in [7, 11) is 2.63. The van der Waals surface area contributed by atoms with Crippen LogP contribution in [0.3, 0.4) is 0 Å². The Morgan fingerprint density at radius 3 is 2.61 bits per heavy atom. The Kier molecular flexibility index (Phi) is 4.92. The van der Waals surface area contributed by atoms with E-state index in [0.29, 0.717) is 16.8 Å². The van der Waals surface area contributed by atoms with Gasteiger partial charge in [-0.05, 0) is 23.8 Å². The highest BCUT2D eigenvalue weighted by Gasteiger charge is 2.06. The molecule has 5 heteroatoms. The predicted molar refractivity (Wildman–Crippen MR) is 67.9 cm³/mol. The summed E-state index contributed by atoms with van der Waals surface area (Å²) in [5.41, 5.74) is 7.34. The average Bonchev–Trinajstić information content (AvgIpc) is 2.39. The summed E-state index contributed by atoms with van der Waals surface area (Å²) >= 11 is 0. The van der Waals surface area contributed by atoms with Gasteiger partial charge in [0.25, 0.3) is 0 Å². The van der Waals surface area contributed by atoms with Gasteiger partial charge < -0.3 is 15.2 Å². The van der Waals surface area contributed by atoms with E-state index in [-0.39, 0.29) is 12.4 Å². The van der Waals surface area contributed by atoms with Crippen molar-refractivity contribution in [2.45, 2.75) is 6.42 Å². The summed E-state index contributed by atoms with van der Waals surface area (Å²) in [4.78, 5) is 22.3. The summed E-state index contributed by atoms with van der Waals surface area (Å²) in [6.45, 7) is 0. The van der Waals surface area contributed by atoms with Crippen molar-refractivity contribution in [3.8, 4) is 0 Å². The highest BCUT2D eigenvalue weighted by molar-refractivity contribution is 5.91. The number of hydrogen-bond acceptors (Lipinski definition) is 5. The van der Waals surface area contributed by atoms with Crippen LogP contribution >= 0.6 is 0 Å². The minimum absolute atomic E-state index is 0.151. The van der Waals surface area contributed by atoms with E-state index in [1.807, 2.05) is 0 Å². The van der Waals surface area contributed by atoms with Gasteiger partial charge in [-0.15, -0.1) is 0 Å². The molecule has 0 amide bonds. The van der Waals surface area contributed by atoms with E-state index < -0.39 is 5.97 Å². The lowest BCUT2D eigenvalue weighted by Gasteiger charge is -2.04. The number of carbonyl (C=O) groups excluding carboxylic acids is 2. The molecule has 0 radical (unpaired) electrons. The number of hydrogen-bond donors (Lipinski definition) is 1. The molecule has 0 saturated carbocycles. The SMILES string of the molecule is COC(=O)CC=Cc1cc(C(=O)OC)ccc1N. The molecule has 96 valence electrons. The Morgan fingerprint density at radius 2 is 2.00 bits per heavy atom. The van der Waals surface area contributed by atoms with Crippen molar-refractivity contribution < 1.29 is 19.1 Å². The Bertz CT molecular complexity index is 480.